The number of halogens is 3. The third-order valence-corrected chi connectivity index (χ3v) is 3.63. The molecule has 0 saturated carbocycles. The summed E-state index contributed by atoms with van der Waals surface area (Å²) in [5.74, 6) is -0.0192. The summed E-state index contributed by atoms with van der Waals surface area (Å²) in [5, 5.41) is 0. The average molecular weight is 301 g/mol. The molecule has 2 N–H and O–H groups in total. The summed E-state index contributed by atoms with van der Waals surface area (Å²) in [6.07, 6.45) is -3.14. The number of nitrogens with two attached hydrogens (primary N) is 1. The van der Waals surface area contributed by atoms with Gasteiger partial charge in [-0.3, -0.25) is 4.79 Å². The van der Waals surface area contributed by atoms with Crippen LogP contribution in [0.4, 0.5) is 13.2 Å². The number of carbonyl (C=O) groups excluding carboxylic acids is 1. The van der Waals surface area contributed by atoms with Gasteiger partial charge < -0.3 is 5.73 Å². The third-order valence-electron chi connectivity index (χ3n) is 3.63. The van der Waals surface area contributed by atoms with Crippen molar-refractivity contribution >= 4 is 5.78 Å². The predicted molar refractivity (Wildman–Crippen MR) is 76.8 cm³/mol. The number of alkyl halides is 3. The van der Waals surface area contributed by atoms with Gasteiger partial charge in [0, 0.05) is 17.9 Å². The predicted octanol–water partition coefficient (Wildman–Crippen LogP) is 3.97. The molecule has 118 valence electrons. The van der Waals surface area contributed by atoms with Crippen LogP contribution in [0.1, 0.15) is 44.7 Å². The van der Waals surface area contributed by atoms with Crippen molar-refractivity contribution < 1.29 is 18.0 Å². The van der Waals surface area contributed by atoms with Crippen LogP contribution in [-0.2, 0) is 17.4 Å². The van der Waals surface area contributed by atoms with Crippen molar-refractivity contribution in [3.8, 4) is 0 Å². The Kier molecular flexibility index (Phi) is 5.56. The molecular weight excluding hydrogens is 279 g/mol. The molecule has 1 atom stereocenters. The fourth-order valence-electron chi connectivity index (χ4n) is 2.13. The van der Waals surface area contributed by atoms with Crippen molar-refractivity contribution in [3.05, 3.63) is 35.4 Å². The fraction of sp³-hybridized carbons (Fsp3) is 0.562. The summed E-state index contributed by atoms with van der Waals surface area (Å²) in [7, 11) is 0. The summed E-state index contributed by atoms with van der Waals surface area (Å²) in [6.45, 7) is 5.40. The quantitative estimate of drug-likeness (QED) is 0.864. The molecule has 0 heterocycles. The topological polar surface area (TPSA) is 43.1 Å². The maximum atomic E-state index is 12.7. The maximum Gasteiger partial charge on any atom is 0.416 e. The second-order valence-electron chi connectivity index (χ2n) is 6.05. The maximum absolute atomic E-state index is 12.7. The van der Waals surface area contributed by atoms with Crippen LogP contribution in [0, 0.1) is 5.41 Å². The third kappa shape index (κ3) is 5.16. The lowest BCUT2D eigenvalue weighted by Gasteiger charge is -2.25. The summed E-state index contributed by atoms with van der Waals surface area (Å²) in [5.41, 5.74) is 4.87. The molecule has 0 aliphatic rings. The molecule has 0 aliphatic heterocycles. The highest BCUT2D eigenvalue weighted by Gasteiger charge is 2.32. The van der Waals surface area contributed by atoms with Gasteiger partial charge in [0.2, 0.25) is 0 Å². The number of carbonyl (C=O) groups is 1. The monoisotopic (exact) mass is 301 g/mol. The van der Waals surface area contributed by atoms with Crippen molar-refractivity contribution in [2.45, 2.75) is 52.3 Å². The summed E-state index contributed by atoms with van der Waals surface area (Å²) in [4.78, 5) is 12.2. The first kappa shape index (κ1) is 17.7. The molecule has 0 saturated heterocycles. The lowest BCUT2D eigenvalue weighted by molar-refractivity contribution is -0.137. The van der Waals surface area contributed by atoms with Crippen LogP contribution in [0.5, 0.6) is 0 Å². The Morgan fingerprint density at radius 1 is 1.29 bits per heavy atom. The van der Waals surface area contributed by atoms with Crippen molar-refractivity contribution in [3.63, 3.8) is 0 Å². The molecule has 2 nitrogen and oxygen atoms in total. The second kappa shape index (κ2) is 6.60. The van der Waals surface area contributed by atoms with E-state index in [2.05, 4.69) is 0 Å². The van der Waals surface area contributed by atoms with Gasteiger partial charge in [0.1, 0.15) is 5.78 Å². The van der Waals surface area contributed by atoms with Gasteiger partial charge in [0.05, 0.1) is 5.56 Å². The van der Waals surface area contributed by atoms with Gasteiger partial charge in [0.15, 0.2) is 0 Å². The first-order chi connectivity index (χ1) is 9.56. The molecule has 1 unspecified atom stereocenters. The molecule has 1 aromatic carbocycles. The van der Waals surface area contributed by atoms with Crippen LogP contribution < -0.4 is 5.73 Å². The minimum Gasteiger partial charge on any atom is -0.327 e. The van der Waals surface area contributed by atoms with Crippen LogP contribution in [-0.4, -0.2) is 11.8 Å². The van der Waals surface area contributed by atoms with E-state index >= 15 is 0 Å². The summed E-state index contributed by atoms with van der Waals surface area (Å²) < 4.78 is 38.1. The van der Waals surface area contributed by atoms with Gasteiger partial charge >= 0.3 is 6.18 Å². The summed E-state index contributed by atoms with van der Waals surface area (Å²) in [6, 6.07) is 4.93. The van der Waals surface area contributed by atoms with Crippen LogP contribution in [0.2, 0.25) is 0 Å². The molecule has 0 aromatic heterocycles. The second-order valence-corrected chi connectivity index (χ2v) is 6.05. The minimum atomic E-state index is -4.37. The zero-order valence-electron chi connectivity index (χ0n) is 12.6. The standard InChI is InChI=1S/C16H22F3NO/c1-4-13(20)9-14(21)15(2,3)10-11-6-5-7-12(8-11)16(17,18)19/h5-8,13H,4,9-10,20H2,1-3H3. The minimum absolute atomic E-state index is 0.0192. The molecule has 1 aromatic rings. The first-order valence-electron chi connectivity index (χ1n) is 7.01. The number of ketones is 1. The largest absolute Gasteiger partial charge is 0.416 e. The highest BCUT2D eigenvalue weighted by Crippen LogP contribution is 2.32. The van der Waals surface area contributed by atoms with Crippen molar-refractivity contribution in [2.75, 3.05) is 0 Å². The van der Waals surface area contributed by atoms with Gasteiger partial charge in [-0.25, -0.2) is 0 Å². The molecule has 0 amide bonds. The van der Waals surface area contributed by atoms with E-state index < -0.39 is 17.2 Å². The van der Waals surface area contributed by atoms with E-state index in [1.165, 1.54) is 6.07 Å². The zero-order chi connectivity index (χ0) is 16.3. The Balaban J connectivity index is 2.86. The smallest absolute Gasteiger partial charge is 0.327 e. The fourth-order valence-corrected chi connectivity index (χ4v) is 2.13. The Bertz CT molecular complexity index is 495. The Labute approximate surface area is 123 Å². The number of rotatable bonds is 6. The molecule has 0 aliphatic carbocycles. The lowest BCUT2D eigenvalue weighted by Crippen LogP contribution is -2.33. The van der Waals surface area contributed by atoms with Gasteiger partial charge in [0.25, 0.3) is 0 Å². The van der Waals surface area contributed by atoms with E-state index in [0.29, 0.717) is 12.0 Å². The Morgan fingerprint density at radius 3 is 2.43 bits per heavy atom. The van der Waals surface area contributed by atoms with Crippen LogP contribution in [0.25, 0.3) is 0 Å². The SMILES string of the molecule is CCC(N)CC(=O)C(C)(C)Cc1cccc(C(F)(F)F)c1. The molecule has 0 bridgehead atoms. The van der Waals surface area contributed by atoms with Crippen LogP contribution >= 0.6 is 0 Å². The number of Topliss-reactive ketones (excluding diaryl/α,β-unsaturated/α-hetero) is 1. The molecule has 1 rings (SSSR count). The first-order valence-corrected chi connectivity index (χ1v) is 7.01. The van der Waals surface area contributed by atoms with Gasteiger partial charge in [-0.2, -0.15) is 13.2 Å². The van der Waals surface area contributed by atoms with E-state index in [4.69, 9.17) is 5.73 Å². The van der Waals surface area contributed by atoms with Gasteiger partial charge in [-0.1, -0.05) is 39.0 Å². The number of benzene rings is 1. The van der Waals surface area contributed by atoms with Crippen molar-refractivity contribution in [2.24, 2.45) is 11.1 Å². The van der Waals surface area contributed by atoms with Gasteiger partial charge in [-0.05, 0) is 24.5 Å². The zero-order valence-corrected chi connectivity index (χ0v) is 12.6. The Hall–Kier alpha value is -1.36. The highest BCUT2D eigenvalue weighted by atomic mass is 19.4. The van der Waals surface area contributed by atoms with Crippen molar-refractivity contribution in [1.29, 1.82) is 0 Å². The highest BCUT2D eigenvalue weighted by molar-refractivity contribution is 5.84. The van der Waals surface area contributed by atoms with E-state index in [1.54, 1.807) is 19.9 Å². The molecule has 5 heteroatoms. The van der Waals surface area contributed by atoms with Crippen LogP contribution in [0.15, 0.2) is 24.3 Å². The van der Waals surface area contributed by atoms with Gasteiger partial charge in [-0.15, -0.1) is 0 Å². The molecule has 0 radical (unpaired) electrons. The Morgan fingerprint density at radius 2 is 1.90 bits per heavy atom. The number of hydrogen-bond donors (Lipinski definition) is 1. The normalized spacial score (nSPS) is 14.0. The lowest BCUT2D eigenvalue weighted by atomic mass is 9.79. The molecule has 0 fully saturated rings. The molecular formula is C16H22F3NO. The van der Waals surface area contributed by atoms with E-state index in [1.807, 2.05) is 6.92 Å². The van der Waals surface area contributed by atoms with E-state index in [9.17, 15) is 18.0 Å². The average Bonchev–Trinajstić information content (AvgIpc) is 2.37. The summed E-state index contributed by atoms with van der Waals surface area (Å²) >= 11 is 0. The molecule has 0 spiro atoms. The van der Waals surface area contributed by atoms with E-state index in [0.717, 1.165) is 12.1 Å². The van der Waals surface area contributed by atoms with E-state index in [-0.39, 0.29) is 24.7 Å². The van der Waals surface area contributed by atoms with Crippen LogP contribution in [0.3, 0.4) is 0 Å². The van der Waals surface area contributed by atoms with Crippen molar-refractivity contribution in [1.82, 2.24) is 0 Å². The number of hydrogen-bond acceptors (Lipinski definition) is 2. The molecule has 21 heavy (non-hydrogen) atoms.